The summed E-state index contributed by atoms with van der Waals surface area (Å²) in [5.74, 6) is 0. The van der Waals surface area contributed by atoms with Crippen LogP contribution in [0.1, 0.15) is 22.3 Å². The Labute approximate surface area is 115 Å². The number of nitrogens with two attached hydrogens (primary N) is 1. The number of hydrogen-bond acceptors (Lipinski definition) is 2. The van der Waals surface area contributed by atoms with E-state index in [1.165, 1.54) is 27.9 Å². The van der Waals surface area contributed by atoms with Crippen LogP contribution < -0.4 is 10.6 Å². The van der Waals surface area contributed by atoms with Crippen LogP contribution in [-0.2, 0) is 0 Å². The Kier molecular flexibility index (Phi) is 3.52. The highest BCUT2D eigenvalue weighted by Crippen LogP contribution is 2.34. The zero-order valence-electron chi connectivity index (χ0n) is 12.4. The van der Waals surface area contributed by atoms with E-state index in [4.69, 9.17) is 5.73 Å². The molecule has 19 heavy (non-hydrogen) atoms. The lowest BCUT2D eigenvalue weighted by molar-refractivity contribution is 1.15. The van der Waals surface area contributed by atoms with Gasteiger partial charge in [0, 0.05) is 12.7 Å². The molecule has 0 heterocycles. The number of anilines is 3. The Morgan fingerprint density at radius 1 is 0.842 bits per heavy atom. The highest BCUT2D eigenvalue weighted by atomic mass is 15.1. The molecule has 0 spiro atoms. The highest BCUT2D eigenvalue weighted by Gasteiger charge is 2.12. The summed E-state index contributed by atoms with van der Waals surface area (Å²) < 4.78 is 0. The topological polar surface area (TPSA) is 29.3 Å². The number of rotatable bonds is 2. The fraction of sp³-hybridized carbons (Fsp3) is 0.294. The maximum atomic E-state index is 6.15. The monoisotopic (exact) mass is 254 g/mol. The van der Waals surface area contributed by atoms with Gasteiger partial charge in [-0.2, -0.15) is 0 Å². The van der Waals surface area contributed by atoms with Gasteiger partial charge < -0.3 is 10.6 Å². The quantitative estimate of drug-likeness (QED) is 0.811. The molecule has 0 fully saturated rings. The smallest absolute Gasteiger partial charge is 0.0642 e. The minimum atomic E-state index is 0.821. The summed E-state index contributed by atoms with van der Waals surface area (Å²) in [5.41, 5.74) is 14.3. The first-order valence-electron chi connectivity index (χ1n) is 6.58. The molecule has 0 aliphatic carbocycles. The van der Waals surface area contributed by atoms with E-state index in [0.717, 1.165) is 11.4 Å². The normalized spacial score (nSPS) is 10.6. The van der Waals surface area contributed by atoms with Gasteiger partial charge in [-0.15, -0.1) is 0 Å². The number of benzene rings is 2. The number of aryl methyl sites for hydroxylation is 4. The summed E-state index contributed by atoms with van der Waals surface area (Å²) >= 11 is 0. The van der Waals surface area contributed by atoms with Gasteiger partial charge in [0.05, 0.1) is 11.4 Å². The molecule has 2 rings (SSSR count). The zero-order valence-corrected chi connectivity index (χ0v) is 12.4. The van der Waals surface area contributed by atoms with Crippen LogP contribution in [0.15, 0.2) is 30.3 Å². The molecule has 2 aromatic carbocycles. The predicted molar refractivity (Wildman–Crippen MR) is 84.3 cm³/mol. The van der Waals surface area contributed by atoms with Crippen LogP contribution in [0.25, 0.3) is 0 Å². The van der Waals surface area contributed by atoms with E-state index in [-0.39, 0.29) is 0 Å². The number of nitrogen functional groups attached to an aromatic ring is 1. The molecule has 0 bridgehead atoms. The van der Waals surface area contributed by atoms with Crippen LogP contribution in [0.5, 0.6) is 0 Å². The van der Waals surface area contributed by atoms with Crippen molar-refractivity contribution in [3.63, 3.8) is 0 Å². The third kappa shape index (κ3) is 2.58. The molecule has 0 aliphatic heterocycles. The fourth-order valence-corrected chi connectivity index (χ4v) is 2.80. The third-order valence-electron chi connectivity index (χ3n) is 3.52. The van der Waals surface area contributed by atoms with Crippen molar-refractivity contribution in [2.24, 2.45) is 0 Å². The molecule has 0 aromatic heterocycles. The molecule has 2 aromatic rings. The van der Waals surface area contributed by atoms with E-state index in [2.05, 4.69) is 63.9 Å². The molecule has 0 saturated heterocycles. The third-order valence-corrected chi connectivity index (χ3v) is 3.52. The van der Waals surface area contributed by atoms with E-state index >= 15 is 0 Å². The molecule has 0 saturated carbocycles. The molecule has 0 amide bonds. The van der Waals surface area contributed by atoms with E-state index in [1.807, 2.05) is 6.07 Å². The molecule has 100 valence electrons. The van der Waals surface area contributed by atoms with Crippen molar-refractivity contribution in [2.75, 3.05) is 17.7 Å². The zero-order chi connectivity index (χ0) is 14.2. The van der Waals surface area contributed by atoms with Gasteiger partial charge in [-0.25, -0.2) is 0 Å². The van der Waals surface area contributed by atoms with Crippen LogP contribution in [0.3, 0.4) is 0 Å². The van der Waals surface area contributed by atoms with Gasteiger partial charge >= 0.3 is 0 Å². The Morgan fingerprint density at radius 3 is 1.95 bits per heavy atom. The van der Waals surface area contributed by atoms with Gasteiger partial charge in [0.15, 0.2) is 0 Å². The highest BCUT2D eigenvalue weighted by molar-refractivity contribution is 5.77. The lowest BCUT2D eigenvalue weighted by Gasteiger charge is -2.25. The maximum absolute atomic E-state index is 6.15. The van der Waals surface area contributed by atoms with Crippen LogP contribution >= 0.6 is 0 Å². The molecule has 0 radical (unpaired) electrons. The lowest BCUT2D eigenvalue weighted by atomic mass is 10.0. The number of hydrogen-bond donors (Lipinski definition) is 1. The molecule has 2 heteroatoms. The van der Waals surface area contributed by atoms with E-state index in [1.54, 1.807) is 0 Å². The summed E-state index contributed by atoms with van der Waals surface area (Å²) in [6.45, 7) is 8.49. The summed E-state index contributed by atoms with van der Waals surface area (Å²) in [6.07, 6.45) is 0. The molecule has 2 nitrogen and oxygen atoms in total. The van der Waals surface area contributed by atoms with Gasteiger partial charge in [-0.05, 0) is 56.5 Å². The predicted octanol–water partition coefficient (Wildman–Crippen LogP) is 4.27. The SMILES string of the molecule is Cc1cc(C)c(N(C)c2ccc(C)cc2N)c(C)c1. The molecule has 0 atom stereocenters. The van der Waals surface area contributed by atoms with Crippen LogP contribution in [0.2, 0.25) is 0 Å². The van der Waals surface area contributed by atoms with Crippen molar-refractivity contribution < 1.29 is 0 Å². The van der Waals surface area contributed by atoms with E-state index in [0.29, 0.717) is 0 Å². The molecular weight excluding hydrogens is 232 g/mol. The second kappa shape index (κ2) is 4.96. The van der Waals surface area contributed by atoms with Gasteiger partial charge in [0.1, 0.15) is 0 Å². The van der Waals surface area contributed by atoms with Crippen LogP contribution in [0.4, 0.5) is 17.1 Å². The van der Waals surface area contributed by atoms with Crippen molar-refractivity contribution in [2.45, 2.75) is 27.7 Å². The summed E-state index contributed by atoms with van der Waals surface area (Å²) in [5, 5.41) is 0. The van der Waals surface area contributed by atoms with Gasteiger partial charge in [0.2, 0.25) is 0 Å². The van der Waals surface area contributed by atoms with Gasteiger partial charge in [-0.3, -0.25) is 0 Å². The fourth-order valence-electron chi connectivity index (χ4n) is 2.80. The van der Waals surface area contributed by atoms with Crippen LogP contribution in [-0.4, -0.2) is 7.05 Å². The first kappa shape index (κ1) is 13.5. The Hall–Kier alpha value is -1.96. The van der Waals surface area contributed by atoms with Gasteiger partial charge in [-0.1, -0.05) is 23.8 Å². The second-order valence-electron chi connectivity index (χ2n) is 5.37. The minimum Gasteiger partial charge on any atom is -0.397 e. The van der Waals surface area contributed by atoms with Crippen molar-refractivity contribution in [1.82, 2.24) is 0 Å². The standard InChI is InChI=1S/C17H22N2/c1-11-6-7-16(15(18)10-11)19(5)17-13(3)8-12(2)9-14(17)4/h6-10H,18H2,1-5H3. The van der Waals surface area contributed by atoms with Gasteiger partial charge in [0.25, 0.3) is 0 Å². The van der Waals surface area contributed by atoms with Crippen molar-refractivity contribution in [3.8, 4) is 0 Å². The number of nitrogens with zero attached hydrogens (tertiary/aromatic N) is 1. The Balaban J connectivity index is 2.53. The van der Waals surface area contributed by atoms with Crippen LogP contribution in [0, 0.1) is 27.7 Å². The first-order valence-corrected chi connectivity index (χ1v) is 6.58. The van der Waals surface area contributed by atoms with Crippen molar-refractivity contribution in [1.29, 1.82) is 0 Å². The summed E-state index contributed by atoms with van der Waals surface area (Å²) in [4.78, 5) is 2.18. The summed E-state index contributed by atoms with van der Waals surface area (Å²) in [7, 11) is 2.08. The Morgan fingerprint density at radius 2 is 1.42 bits per heavy atom. The first-order chi connectivity index (χ1) is 8.90. The minimum absolute atomic E-state index is 0.821. The molecule has 2 N–H and O–H groups in total. The molecular formula is C17H22N2. The molecule has 0 unspecified atom stereocenters. The summed E-state index contributed by atoms with van der Waals surface area (Å²) in [6, 6.07) is 10.6. The largest absolute Gasteiger partial charge is 0.397 e. The van der Waals surface area contributed by atoms with Crippen molar-refractivity contribution in [3.05, 3.63) is 52.6 Å². The second-order valence-corrected chi connectivity index (χ2v) is 5.37. The maximum Gasteiger partial charge on any atom is 0.0642 e. The average Bonchev–Trinajstić information content (AvgIpc) is 2.26. The Bertz CT molecular complexity index is 592. The van der Waals surface area contributed by atoms with E-state index < -0.39 is 0 Å². The van der Waals surface area contributed by atoms with Crippen molar-refractivity contribution >= 4 is 17.1 Å². The molecule has 0 aliphatic rings. The van der Waals surface area contributed by atoms with E-state index in [9.17, 15) is 0 Å². The average molecular weight is 254 g/mol. The lowest BCUT2D eigenvalue weighted by Crippen LogP contribution is -2.14.